The molecule has 0 unspecified atom stereocenters. The van der Waals surface area contributed by atoms with Crippen LogP contribution in [0, 0.1) is 0 Å². The lowest BCUT2D eigenvalue weighted by Crippen LogP contribution is -2.13. The van der Waals surface area contributed by atoms with Crippen LogP contribution in [-0.2, 0) is 7.05 Å². The van der Waals surface area contributed by atoms with Gasteiger partial charge in [-0.3, -0.25) is 9.36 Å². The Hall–Kier alpha value is -2.02. The van der Waals surface area contributed by atoms with Gasteiger partial charge in [-0.15, -0.1) is 5.10 Å². The van der Waals surface area contributed by atoms with E-state index < -0.39 is 0 Å². The van der Waals surface area contributed by atoms with Gasteiger partial charge in [0, 0.05) is 12.6 Å². The van der Waals surface area contributed by atoms with E-state index in [1.54, 1.807) is 38.4 Å². The lowest BCUT2D eigenvalue weighted by Gasteiger charge is -2.03. The second-order valence-electron chi connectivity index (χ2n) is 3.81. The number of aromatic amines is 1. The van der Waals surface area contributed by atoms with Crippen LogP contribution in [0.2, 0.25) is 0 Å². The summed E-state index contributed by atoms with van der Waals surface area (Å²) in [6.45, 7) is 0. The molecule has 2 rings (SSSR count). The normalized spacial score (nSPS) is 10.4. The first-order chi connectivity index (χ1) is 9.11. The number of H-pyrrole nitrogens is 1. The molecule has 19 heavy (non-hydrogen) atoms. The highest BCUT2D eigenvalue weighted by atomic mass is 32.2. The zero-order chi connectivity index (χ0) is 13.8. The van der Waals surface area contributed by atoms with Crippen molar-refractivity contribution in [2.24, 2.45) is 7.05 Å². The first-order valence-corrected chi connectivity index (χ1v) is 6.52. The van der Waals surface area contributed by atoms with Gasteiger partial charge in [0.25, 0.3) is 0 Å². The maximum Gasteiger partial charge on any atom is 0.343 e. The number of nitrogens with one attached hydrogen (secondary N) is 1. The van der Waals surface area contributed by atoms with Crippen LogP contribution < -0.4 is 10.4 Å². The third-order valence-corrected chi connectivity index (χ3v) is 3.59. The van der Waals surface area contributed by atoms with Crippen LogP contribution >= 0.6 is 11.8 Å². The van der Waals surface area contributed by atoms with Gasteiger partial charge in [-0.05, 0) is 12.1 Å². The average molecular weight is 279 g/mol. The highest BCUT2D eigenvalue weighted by molar-refractivity contribution is 7.99. The number of hydrogen-bond donors (Lipinski definition) is 1. The van der Waals surface area contributed by atoms with Gasteiger partial charge in [-0.25, -0.2) is 9.89 Å². The number of methoxy groups -OCH3 is 1. The van der Waals surface area contributed by atoms with Gasteiger partial charge in [-0.2, -0.15) is 0 Å². The fourth-order valence-corrected chi connectivity index (χ4v) is 2.29. The highest BCUT2D eigenvalue weighted by Crippen LogP contribution is 2.17. The van der Waals surface area contributed by atoms with Crippen LogP contribution in [-0.4, -0.2) is 33.4 Å². The number of thioether (sulfide) groups is 1. The molecular weight excluding hydrogens is 266 g/mol. The molecule has 0 radical (unpaired) electrons. The summed E-state index contributed by atoms with van der Waals surface area (Å²) in [6, 6.07) is 6.96. The maximum atomic E-state index is 12.0. The number of rotatable bonds is 5. The predicted molar refractivity (Wildman–Crippen MR) is 71.9 cm³/mol. The Morgan fingerprint density at radius 3 is 2.95 bits per heavy atom. The standard InChI is InChI=1S/C12H13N3O3S/c1-15-11(17)13-14-12(15)19-7-10(16)8-4-3-5-9(6-8)18-2/h3-6H,7H2,1-2H3,(H,13,17). The van der Waals surface area contributed by atoms with Gasteiger partial charge in [0.1, 0.15) is 5.75 Å². The molecule has 1 aromatic carbocycles. The summed E-state index contributed by atoms with van der Waals surface area (Å²) in [4.78, 5) is 23.2. The number of nitrogens with zero attached hydrogens (tertiary/aromatic N) is 2. The Labute approximate surface area is 113 Å². The van der Waals surface area contributed by atoms with Crippen LogP contribution in [0.15, 0.2) is 34.2 Å². The molecule has 0 aliphatic heterocycles. The Morgan fingerprint density at radius 2 is 2.32 bits per heavy atom. The number of carbonyl (C=O) groups is 1. The number of benzene rings is 1. The largest absolute Gasteiger partial charge is 0.497 e. The number of aromatic nitrogens is 3. The van der Waals surface area contributed by atoms with Crippen LogP contribution in [0.5, 0.6) is 5.75 Å². The number of hydrogen-bond acceptors (Lipinski definition) is 5. The molecule has 0 aliphatic carbocycles. The molecule has 0 amide bonds. The Balaban J connectivity index is 2.05. The van der Waals surface area contributed by atoms with Crippen molar-refractivity contribution in [3.05, 3.63) is 40.3 Å². The van der Waals surface area contributed by atoms with E-state index in [4.69, 9.17) is 4.74 Å². The van der Waals surface area contributed by atoms with Crippen molar-refractivity contribution in [2.75, 3.05) is 12.9 Å². The summed E-state index contributed by atoms with van der Waals surface area (Å²) in [5.74, 6) is 0.813. The minimum absolute atomic E-state index is 0.0423. The van der Waals surface area contributed by atoms with Crippen LogP contribution in [0.25, 0.3) is 0 Å². The van der Waals surface area contributed by atoms with Crippen molar-refractivity contribution in [2.45, 2.75) is 5.16 Å². The SMILES string of the molecule is COc1cccc(C(=O)CSc2n[nH]c(=O)n2C)c1. The smallest absolute Gasteiger partial charge is 0.343 e. The van der Waals surface area contributed by atoms with Crippen molar-refractivity contribution in [3.8, 4) is 5.75 Å². The quantitative estimate of drug-likeness (QED) is 0.655. The van der Waals surface area contributed by atoms with E-state index in [9.17, 15) is 9.59 Å². The first-order valence-electron chi connectivity index (χ1n) is 5.53. The van der Waals surface area contributed by atoms with E-state index in [2.05, 4.69) is 10.2 Å². The third kappa shape index (κ3) is 3.05. The minimum atomic E-state index is -0.295. The van der Waals surface area contributed by atoms with Crippen molar-refractivity contribution in [1.82, 2.24) is 14.8 Å². The van der Waals surface area contributed by atoms with Gasteiger partial charge >= 0.3 is 5.69 Å². The summed E-state index contributed by atoms with van der Waals surface area (Å²) >= 11 is 1.21. The van der Waals surface area contributed by atoms with E-state index in [0.29, 0.717) is 16.5 Å². The monoisotopic (exact) mass is 279 g/mol. The molecule has 100 valence electrons. The Kier molecular flexibility index (Phi) is 4.06. The minimum Gasteiger partial charge on any atom is -0.497 e. The van der Waals surface area contributed by atoms with Crippen molar-refractivity contribution < 1.29 is 9.53 Å². The van der Waals surface area contributed by atoms with E-state index in [1.807, 2.05) is 0 Å². The van der Waals surface area contributed by atoms with Gasteiger partial charge in [0.2, 0.25) is 0 Å². The van der Waals surface area contributed by atoms with E-state index in [1.165, 1.54) is 16.3 Å². The Morgan fingerprint density at radius 1 is 1.53 bits per heavy atom. The van der Waals surface area contributed by atoms with Crippen molar-refractivity contribution in [1.29, 1.82) is 0 Å². The number of ketones is 1. The molecule has 1 N–H and O–H groups in total. The van der Waals surface area contributed by atoms with Crippen molar-refractivity contribution >= 4 is 17.5 Å². The predicted octanol–water partition coefficient (Wildman–Crippen LogP) is 1.09. The molecule has 1 heterocycles. The third-order valence-electron chi connectivity index (χ3n) is 2.56. The molecule has 0 saturated carbocycles. The molecule has 7 heteroatoms. The molecule has 2 aromatic rings. The van der Waals surface area contributed by atoms with Crippen LogP contribution in [0.1, 0.15) is 10.4 Å². The fourth-order valence-electron chi connectivity index (χ4n) is 1.47. The van der Waals surface area contributed by atoms with Crippen LogP contribution in [0.4, 0.5) is 0 Å². The van der Waals surface area contributed by atoms with Crippen molar-refractivity contribution in [3.63, 3.8) is 0 Å². The number of Topliss-reactive ketones (excluding diaryl/α,β-unsaturated/α-hetero) is 1. The summed E-state index contributed by atoms with van der Waals surface area (Å²) in [5.41, 5.74) is 0.281. The molecule has 0 bridgehead atoms. The molecular formula is C12H13N3O3S. The summed E-state index contributed by atoms with van der Waals surface area (Å²) in [7, 11) is 3.15. The second-order valence-corrected chi connectivity index (χ2v) is 4.76. The molecule has 6 nitrogen and oxygen atoms in total. The molecule has 1 aromatic heterocycles. The zero-order valence-corrected chi connectivity index (χ0v) is 11.4. The topological polar surface area (TPSA) is 77.0 Å². The van der Waals surface area contributed by atoms with Gasteiger partial charge in [0.15, 0.2) is 10.9 Å². The highest BCUT2D eigenvalue weighted by Gasteiger charge is 2.11. The fraction of sp³-hybridized carbons (Fsp3) is 0.250. The molecule has 0 saturated heterocycles. The summed E-state index contributed by atoms with van der Waals surface area (Å²) in [6.07, 6.45) is 0. The second kappa shape index (κ2) is 5.75. The maximum absolute atomic E-state index is 12.0. The lowest BCUT2D eigenvalue weighted by molar-refractivity contribution is 0.102. The molecule has 0 aliphatic rings. The molecule has 0 atom stereocenters. The lowest BCUT2D eigenvalue weighted by atomic mass is 10.1. The van der Waals surface area contributed by atoms with E-state index in [0.717, 1.165) is 0 Å². The summed E-state index contributed by atoms with van der Waals surface area (Å²) < 4.78 is 6.43. The average Bonchev–Trinajstić information content (AvgIpc) is 2.76. The van der Waals surface area contributed by atoms with E-state index in [-0.39, 0.29) is 17.2 Å². The summed E-state index contributed by atoms with van der Waals surface area (Å²) in [5, 5.41) is 6.64. The molecule has 0 spiro atoms. The molecule has 0 fully saturated rings. The van der Waals surface area contributed by atoms with Crippen LogP contribution in [0.3, 0.4) is 0 Å². The number of carbonyl (C=O) groups excluding carboxylic acids is 1. The number of ether oxygens (including phenoxy) is 1. The van der Waals surface area contributed by atoms with Gasteiger partial charge in [-0.1, -0.05) is 23.9 Å². The van der Waals surface area contributed by atoms with Gasteiger partial charge < -0.3 is 4.74 Å². The first kappa shape index (κ1) is 13.4. The Bertz CT molecular complexity index is 648. The van der Waals surface area contributed by atoms with Gasteiger partial charge in [0.05, 0.1) is 12.9 Å². The zero-order valence-electron chi connectivity index (χ0n) is 10.5. The van der Waals surface area contributed by atoms with E-state index >= 15 is 0 Å².